The van der Waals surface area contributed by atoms with Crippen LogP contribution in [0.2, 0.25) is 0 Å². The van der Waals surface area contributed by atoms with Gasteiger partial charge in [-0.3, -0.25) is 0 Å². The third kappa shape index (κ3) is 3.65. The Morgan fingerprint density at radius 1 is 1.43 bits per heavy atom. The summed E-state index contributed by atoms with van der Waals surface area (Å²) in [5, 5.41) is 4.89. The Morgan fingerprint density at radius 3 is 2.67 bits per heavy atom. The molecule has 1 saturated heterocycles. The van der Waals surface area contributed by atoms with Crippen LogP contribution in [-0.2, 0) is 16.6 Å². The summed E-state index contributed by atoms with van der Waals surface area (Å²) in [6.07, 6.45) is 1.82. The van der Waals surface area contributed by atoms with Gasteiger partial charge in [0.15, 0.2) is 0 Å². The van der Waals surface area contributed by atoms with E-state index in [1.54, 1.807) is 17.4 Å². The third-order valence-corrected chi connectivity index (χ3v) is 7.26. The first kappa shape index (κ1) is 16.9. The van der Waals surface area contributed by atoms with Crippen molar-refractivity contribution in [2.24, 2.45) is 0 Å². The molecule has 0 aliphatic carbocycles. The summed E-state index contributed by atoms with van der Waals surface area (Å²) in [5.41, 5.74) is 0. The van der Waals surface area contributed by atoms with E-state index in [2.05, 4.69) is 17.1 Å². The summed E-state index contributed by atoms with van der Waals surface area (Å²) in [6, 6.07) is 1.84. The average Bonchev–Trinajstić information content (AvgIpc) is 2.96. The van der Waals surface area contributed by atoms with Crippen LogP contribution in [0.25, 0.3) is 0 Å². The maximum atomic E-state index is 12.8. The zero-order valence-corrected chi connectivity index (χ0v) is 14.6. The predicted octanol–water partition coefficient (Wildman–Crippen LogP) is 1.57. The van der Waals surface area contributed by atoms with Crippen molar-refractivity contribution < 1.29 is 8.42 Å². The molecular formula is C14H25N3O2S2. The highest BCUT2D eigenvalue weighted by molar-refractivity contribution is 7.89. The van der Waals surface area contributed by atoms with Crippen LogP contribution in [0.3, 0.4) is 0 Å². The van der Waals surface area contributed by atoms with Gasteiger partial charge in [-0.15, -0.1) is 11.3 Å². The molecule has 0 unspecified atom stereocenters. The van der Waals surface area contributed by atoms with Crippen molar-refractivity contribution in [3.05, 3.63) is 16.3 Å². The summed E-state index contributed by atoms with van der Waals surface area (Å²) in [5.74, 6) is 0. The SMILES string of the molecule is CCN1CCC(N(C)S(=O)(=O)c2ccsc2CNC)CC1. The summed E-state index contributed by atoms with van der Waals surface area (Å²) in [6.45, 7) is 5.74. The van der Waals surface area contributed by atoms with Gasteiger partial charge in [-0.1, -0.05) is 6.92 Å². The molecule has 0 spiro atoms. The zero-order valence-electron chi connectivity index (χ0n) is 13.0. The molecule has 1 aliphatic heterocycles. The molecular weight excluding hydrogens is 306 g/mol. The Kier molecular flexibility index (Phi) is 5.79. The lowest BCUT2D eigenvalue weighted by Crippen LogP contribution is -2.45. The van der Waals surface area contributed by atoms with Gasteiger partial charge in [-0.05, 0) is 51.0 Å². The lowest BCUT2D eigenvalue weighted by atomic mass is 10.1. The number of piperidine rings is 1. The first-order valence-electron chi connectivity index (χ1n) is 7.42. The van der Waals surface area contributed by atoms with Gasteiger partial charge in [0, 0.05) is 24.5 Å². The van der Waals surface area contributed by atoms with Crippen molar-refractivity contribution in [2.75, 3.05) is 33.7 Å². The molecule has 0 aromatic carbocycles. The number of nitrogens with zero attached hydrogens (tertiary/aromatic N) is 2. The fourth-order valence-corrected chi connectivity index (χ4v) is 5.64. The fourth-order valence-electron chi connectivity index (χ4n) is 2.80. The standard InChI is InChI=1S/C14H25N3O2S2/c1-4-17-8-5-12(6-9-17)16(3)21(18,19)14-7-10-20-13(14)11-15-2/h7,10,12,15H,4-6,8-9,11H2,1-3H3. The van der Waals surface area contributed by atoms with E-state index in [0.29, 0.717) is 11.4 Å². The molecule has 1 fully saturated rings. The van der Waals surface area contributed by atoms with Gasteiger partial charge >= 0.3 is 0 Å². The van der Waals surface area contributed by atoms with Gasteiger partial charge in [0.1, 0.15) is 0 Å². The first-order valence-corrected chi connectivity index (χ1v) is 9.74. The van der Waals surface area contributed by atoms with Crippen molar-refractivity contribution in [3.63, 3.8) is 0 Å². The van der Waals surface area contributed by atoms with Gasteiger partial charge in [0.25, 0.3) is 0 Å². The molecule has 21 heavy (non-hydrogen) atoms. The maximum absolute atomic E-state index is 12.8. The molecule has 2 rings (SSSR count). The molecule has 5 nitrogen and oxygen atoms in total. The number of likely N-dealkylation sites (tertiary alicyclic amines) is 1. The lowest BCUT2D eigenvalue weighted by Gasteiger charge is -2.35. The van der Waals surface area contributed by atoms with E-state index >= 15 is 0 Å². The van der Waals surface area contributed by atoms with Crippen molar-refractivity contribution in [3.8, 4) is 0 Å². The summed E-state index contributed by atoms with van der Waals surface area (Å²) < 4.78 is 27.2. The highest BCUT2D eigenvalue weighted by Gasteiger charge is 2.32. The van der Waals surface area contributed by atoms with Crippen LogP contribution in [-0.4, -0.2) is 57.4 Å². The second-order valence-electron chi connectivity index (χ2n) is 5.43. The number of hydrogen-bond acceptors (Lipinski definition) is 5. The number of hydrogen-bond donors (Lipinski definition) is 1. The van der Waals surface area contributed by atoms with Crippen molar-refractivity contribution in [1.29, 1.82) is 0 Å². The van der Waals surface area contributed by atoms with Gasteiger partial charge in [-0.2, -0.15) is 4.31 Å². The smallest absolute Gasteiger partial charge is 0.244 e. The molecule has 7 heteroatoms. The third-order valence-electron chi connectivity index (χ3n) is 4.22. The average molecular weight is 332 g/mol. The topological polar surface area (TPSA) is 52.7 Å². The van der Waals surface area contributed by atoms with E-state index in [1.165, 1.54) is 11.3 Å². The molecule has 0 radical (unpaired) electrons. The van der Waals surface area contributed by atoms with Crippen molar-refractivity contribution in [2.45, 2.75) is 37.2 Å². The van der Waals surface area contributed by atoms with Gasteiger partial charge in [0.2, 0.25) is 10.0 Å². The molecule has 0 amide bonds. The number of thiophene rings is 1. The molecule has 2 heterocycles. The fraction of sp³-hybridized carbons (Fsp3) is 0.714. The van der Waals surface area contributed by atoms with E-state index in [0.717, 1.165) is 37.4 Å². The van der Waals surface area contributed by atoms with Crippen LogP contribution in [0.1, 0.15) is 24.6 Å². The molecule has 0 saturated carbocycles. The minimum atomic E-state index is -3.39. The minimum Gasteiger partial charge on any atom is -0.315 e. The highest BCUT2D eigenvalue weighted by atomic mass is 32.2. The molecule has 0 bridgehead atoms. The summed E-state index contributed by atoms with van der Waals surface area (Å²) >= 11 is 1.49. The highest BCUT2D eigenvalue weighted by Crippen LogP contribution is 2.28. The Hall–Kier alpha value is -0.470. The second kappa shape index (κ2) is 7.19. The summed E-state index contributed by atoms with van der Waals surface area (Å²) in [7, 11) is 0.171. The van der Waals surface area contributed by atoms with Crippen molar-refractivity contribution in [1.82, 2.24) is 14.5 Å². The van der Waals surface area contributed by atoms with E-state index in [4.69, 9.17) is 0 Å². The minimum absolute atomic E-state index is 0.111. The Morgan fingerprint density at radius 2 is 2.10 bits per heavy atom. The monoisotopic (exact) mass is 331 g/mol. The largest absolute Gasteiger partial charge is 0.315 e. The normalized spacial score (nSPS) is 18.5. The number of rotatable bonds is 6. The predicted molar refractivity (Wildman–Crippen MR) is 87.2 cm³/mol. The molecule has 1 aliphatic rings. The van der Waals surface area contributed by atoms with E-state index in [-0.39, 0.29) is 6.04 Å². The van der Waals surface area contributed by atoms with Crippen LogP contribution in [0.4, 0.5) is 0 Å². The van der Waals surface area contributed by atoms with E-state index in [9.17, 15) is 8.42 Å². The molecule has 120 valence electrons. The summed E-state index contributed by atoms with van der Waals surface area (Å²) in [4.78, 5) is 3.71. The Balaban J connectivity index is 2.13. The van der Waals surface area contributed by atoms with Crippen LogP contribution < -0.4 is 5.32 Å². The zero-order chi connectivity index (χ0) is 15.5. The maximum Gasteiger partial charge on any atom is 0.244 e. The van der Waals surface area contributed by atoms with E-state index < -0.39 is 10.0 Å². The van der Waals surface area contributed by atoms with Crippen LogP contribution in [0.15, 0.2) is 16.3 Å². The molecule has 1 N–H and O–H groups in total. The second-order valence-corrected chi connectivity index (χ2v) is 8.39. The number of nitrogens with one attached hydrogen (secondary N) is 1. The van der Waals surface area contributed by atoms with Crippen LogP contribution in [0, 0.1) is 0 Å². The lowest BCUT2D eigenvalue weighted by molar-refractivity contribution is 0.176. The van der Waals surface area contributed by atoms with Crippen LogP contribution in [0.5, 0.6) is 0 Å². The van der Waals surface area contributed by atoms with Crippen LogP contribution >= 0.6 is 11.3 Å². The molecule has 0 atom stereocenters. The van der Waals surface area contributed by atoms with E-state index in [1.807, 2.05) is 12.4 Å². The molecule has 1 aromatic heterocycles. The molecule has 1 aromatic rings. The van der Waals surface area contributed by atoms with Gasteiger partial charge in [-0.25, -0.2) is 8.42 Å². The first-order chi connectivity index (χ1) is 10.0. The Bertz CT molecular complexity index is 548. The van der Waals surface area contributed by atoms with Crippen molar-refractivity contribution >= 4 is 21.4 Å². The van der Waals surface area contributed by atoms with Gasteiger partial charge < -0.3 is 10.2 Å². The quantitative estimate of drug-likeness (QED) is 0.860. The number of sulfonamides is 1. The van der Waals surface area contributed by atoms with Gasteiger partial charge in [0.05, 0.1) is 4.90 Å². The Labute approximate surface area is 132 Å².